The van der Waals surface area contributed by atoms with E-state index in [9.17, 15) is 0 Å². The van der Waals surface area contributed by atoms with Crippen LogP contribution in [0.4, 0.5) is 0 Å². The first-order valence-electron chi connectivity index (χ1n) is 4.86. The van der Waals surface area contributed by atoms with Gasteiger partial charge in [-0.2, -0.15) is 0 Å². The lowest BCUT2D eigenvalue weighted by molar-refractivity contribution is 0.798. The van der Waals surface area contributed by atoms with Gasteiger partial charge in [-0.25, -0.2) is 0 Å². The maximum atomic E-state index is 5.55. The van der Waals surface area contributed by atoms with Crippen LogP contribution >= 0.6 is 12.2 Å². The topological polar surface area (TPSA) is 26.0 Å². The van der Waals surface area contributed by atoms with Gasteiger partial charge < -0.3 is 5.73 Å². The lowest BCUT2D eigenvalue weighted by atomic mass is 9.92. The second-order valence-corrected chi connectivity index (χ2v) is 4.46. The molecule has 14 heavy (non-hydrogen) atoms. The lowest BCUT2D eigenvalue weighted by Gasteiger charge is -2.14. The monoisotopic (exact) mass is 207 g/mol. The number of rotatable bonds is 3. The Morgan fingerprint density at radius 3 is 2.64 bits per heavy atom. The molecule has 0 saturated heterocycles. The van der Waals surface area contributed by atoms with Gasteiger partial charge >= 0.3 is 0 Å². The van der Waals surface area contributed by atoms with E-state index >= 15 is 0 Å². The van der Waals surface area contributed by atoms with Gasteiger partial charge in [0.1, 0.15) is 0 Å². The molecule has 0 aliphatic rings. The third kappa shape index (κ3) is 2.81. The highest BCUT2D eigenvalue weighted by atomic mass is 32.1. The predicted octanol–water partition coefficient (Wildman–Crippen LogP) is 3.08. The van der Waals surface area contributed by atoms with E-state index in [1.54, 1.807) is 0 Å². The second-order valence-electron chi connectivity index (χ2n) is 3.93. The molecule has 2 heteroatoms. The third-order valence-corrected chi connectivity index (χ3v) is 2.64. The van der Waals surface area contributed by atoms with Gasteiger partial charge in [-0.15, -0.1) is 0 Å². The van der Waals surface area contributed by atoms with E-state index in [2.05, 4.69) is 39.0 Å². The Hall–Kier alpha value is -0.890. The summed E-state index contributed by atoms with van der Waals surface area (Å²) < 4.78 is 0. The zero-order valence-corrected chi connectivity index (χ0v) is 9.82. The largest absolute Gasteiger partial charge is 0.393 e. The van der Waals surface area contributed by atoms with E-state index in [4.69, 9.17) is 18.0 Å². The van der Waals surface area contributed by atoms with E-state index in [0.29, 0.717) is 10.9 Å². The van der Waals surface area contributed by atoms with Crippen molar-refractivity contribution >= 4 is 17.2 Å². The normalized spacial score (nSPS) is 12.5. The van der Waals surface area contributed by atoms with Crippen molar-refractivity contribution in [2.45, 2.75) is 33.1 Å². The molecule has 2 N–H and O–H groups in total. The predicted molar refractivity (Wildman–Crippen MR) is 65.7 cm³/mol. The maximum Gasteiger partial charge on any atom is 0.0733 e. The van der Waals surface area contributed by atoms with Crippen molar-refractivity contribution in [3.63, 3.8) is 0 Å². The summed E-state index contributed by atoms with van der Waals surface area (Å²) in [5, 5.41) is 0. The molecule has 0 aromatic heterocycles. The Morgan fingerprint density at radius 2 is 2.07 bits per heavy atom. The first kappa shape index (κ1) is 11.2. The van der Waals surface area contributed by atoms with Crippen LogP contribution in [0.3, 0.4) is 0 Å². The minimum atomic E-state index is 0.424. The molecule has 1 nitrogen and oxygen atoms in total. The average Bonchev–Trinajstić information content (AvgIpc) is 2.08. The van der Waals surface area contributed by atoms with Crippen LogP contribution in [0.15, 0.2) is 18.2 Å². The van der Waals surface area contributed by atoms with Crippen LogP contribution in [0, 0.1) is 13.8 Å². The maximum absolute atomic E-state index is 5.55. The standard InChI is InChI=1S/C12H17NS/c1-8-4-5-9(2)11(6-8)10(3)7-12(13)14/h4-6,10H,7H2,1-3H3,(H2,13,14). The van der Waals surface area contributed by atoms with Gasteiger partial charge in [0.15, 0.2) is 0 Å². The molecule has 0 spiro atoms. The van der Waals surface area contributed by atoms with Crippen LogP contribution < -0.4 is 5.73 Å². The summed E-state index contributed by atoms with van der Waals surface area (Å²) in [5.41, 5.74) is 9.52. The number of hydrogen-bond acceptors (Lipinski definition) is 1. The summed E-state index contributed by atoms with van der Waals surface area (Å²) in [6, 6.07) is 6.51. The molecule has 0 saturated carbocycles. The van der Waals surface area contributed by atoms with Gasteiger partial charge in [-0.3, -0.25) is 0 Å². The smallest absolute Gasteiger partial charge is 0.0733 e. The quantitative estimate of drug-likeness (QED) is 0.771. The van der Waals surface area contributed by atoms with Gasteiger partial charge in [0.05, 0.1) is 4.99 Å². The molecule has 76 valence electrons. The summed E-state index contributed by atoms with van der Waals surface area (Å²) in [6.07, 6.45) is 0.791. The fourth-order valence-electron chi connectivity index (χ4n) is 1.70. The summed E-state index contributed by atoms with van der Waals surface area (Å²) in [4.78, 5) is 0.596. The van der Waals surface area contributed by atoms with Crippen molar-refractivity contribution in [1.29, 1.82) is 0 Å². The van der Waals surface area contributed by atoms with E-state index in [1.165, 1.54) is 16.7 Å². The van der Waals surface area contributed by atoms with Crippen molar-refractivity contribution in [2.75, 3.05) is 0 Å². The van der Waals surface area contributed by atoms with E-state index < -0.39 is 0 Å². The highest BCUT2D eigenvalue weighted by Gasteiger charge is 2.09. The number of thiocarbonyl (C=S) groups is 1. The van der Waals surface area contributed by atoms with Crippen LogP contribution in [0.1, 0.15) is 36.0 Å². The summed E-state index contributed by atoms with van der Waals surface area (Å²) in [5.74, 6) is 0.424. The molecule has 0 aliphatic heterocycles. The zero-order valence-electron chi connectivity index (χ0n) is 9.00. The first-order chi connectivity index (χ1) is 6.50. The first-order valence-corrected chi connectivity index (χ1v) is 5.27. The molecule has 0 radical (unpaired) electrons. The average molecular weight is 207 g/mol. The van der Waals surface area contributed by atoms with Crippen molar-refractivity contribution < 1.29 is 0 Å². The molecular formula is C12H17NS. The zero-order chi connectivity index (χ0) is 10.7. The summed E-state index contributed by atoms with van der Waals surface area (Å²) >= 11 is 4.93. The number of hydrogen-bond donors (Lipinski definition) is 1. The number of aryl methyl sites for hydroxylation is 2. The number of benzene rings is 1. The lowest BCUT2D eigenvalue weighted by Crippen LogP contribution is -2.12. The van der Waals surface area contributed by atoms with Gasteiger partial charge in [0.2, 0.25) is 0 Å². The fraction of sp³-hybridized carbons (Fsp3) is 0.417. The van der Waals surface area contributed by atoms with Crippen molar-refractivity contribution in [2.24, 2.45) is 5.73 Å². The molecule has 1 atom stereocenters. The molecule has 0 aliphatic carbocycles. The van der Waals surface area contributed by atoms with E-state index in [1.807, 2.05) is 0 Å². The summed E-state index contributed by atoms with van der Waals surface area (Å²) in [6.45, 7) is 6.40. The molecule has 1 rings (SSSR count). The van der Waals surface area contributed by atoms with Crippen LogP contribution in [-0.4, -0.2) is 4.99 Å². The van der Waals surface area contributed by atoms with Crippen LogP contribution in [-0.2, 0) is 0 Å². The van der Waals surface area contributed by atoms with E-state index in [-0.39, 0.29) is 0 Å². The SMILES string of the molecule is Cc1ccc(C)c(C(C)CC(N)=S)c1. The Balaban J connectivity index is 2.93. The second kappa shape index (κ2) is 4.56. The van der Waals surface area contributed by atoms with Crippen molar-refractivity contribution in [3.05, 3.63) is 34.9 Å². The molecule has 0 bridgehead atoms. The van der Waals surface area contributed by atoms with Crippen LogP contribution in [0.2, 0.25) is 0 Å². The highest BCUT2D eigenvalue weighted by Crippen LogP contribution is 2.23. The van der Waals surface area contributed by atoms with Crippen LogP contribution in [0.25, 0.3) is 0 Å². The number of nitrogens with two attached hydrogens (primary N) is 1. The minimum absolute atomic E-state index is 0.424. The highest BCUT2D eigenvalue weighted by molar-refractivity contribution is 7.80. The van der Waals surface area contributed by atoms with Gasteiger partial charge in [0, 0.05) is 6.42 Å². The minimum Gasteiger partial charge on any atom is -0.393 e. The Kier molecular flexibility index (Phi) is 3.64. The van der Waals surface area contributed by atoms with Crippen molar-refractivity contribution in [3.8, 4) is 0 Å². The molecule has 0 heterocycles. The fourth-order valence-corrected chi connectivity index (χ4v) is 1.95. The Bertz CT molecular complexity index is 344. The Labute approximate surface area is 91.3 Å². The van der Waals surface area contributed by atoms with Gasteiger partial charge in [-0.05, 0) is 30.9 Å². The van der Waals surface area contributed by atoms with Crippen LogP contribution in [0.5, 0.6) is 0 Å². The molecule has 0 fully saturated rings. The third-order valence-electron chi connectivity index (χ3n) is 2.47. The Morgan fingerprint density at radius 1 is 1.43 bits per heavy atom. The van der Waals surface area contributed by atoms with Gasteiger partial charge in [-0.1, -0.05) is 42.9 Å². The van der Waals surface area contributed by atoms with E-state index in [0.717, 1.165) is 6.42 Å². The van der Waals surface area contributed by atoms with Crippen molar-refractivity contribution in [1.82, 2.24) is 0 Å². The molecular weight excluding hydrogens is 190 g/mol. The van der Waals surface area contributed by atoms with Gasteiger partial charge in [0.25, 0.3) is 0 Å². The summed E-state index contributed by atoms with van der Waals surface area (Å²) in [7, 11) is 0. The molecule has 1 aromatic rings. The molecule has 1 aromatic carbocycles. The molecule has 0 amide bonds. The molecule has 1 unspecified atom stereocenters.